The van der Waals surface area contributed by atoms with Crippen molar-refractivity contribution in [1.82, 2.24) is 10.2 Å². The number of amidine groups is 1. The number of nitrogens with zero attached hydrogens (tertiary/aromatic N) is 2. The number of ether oxygens (including phenoxy) is 3. The second-order valence-electron chi connectivity index (χ2n) is 6.11. The minimum atomic E-state index is -0.454. The summed E-state index contributed by atoms with van der Waals surface area (Å²) in [5.41, 5.74) is 0.915. The molecule has 3 heterocycles. The third kappa shape index (κ3) is 3.78. The summed E-state index contributed by atoms with van der Waals surface area (Å²) in [5.74, 6) is 0.976. The van der Waals surface area contributed by atoms with Gasteiger partial charge in [0, 0.05) is 26.1 Å². The van der Waals surface area contributed by atoms with Gasteiger partial charge in [0.15, 0.2) is 16.7 Å². The molecule has 8 nitrogen and oxygen atoms in total. The van der Waals surface area contributed by atoms with Crippen LogP contribution in [0.3, 0.4) is 0 Å². The van der Waals surface area contributed by atoms with Crippen LogP contribution in [0.4, 0.5) is 0 Å². The Labute approximate surface area is 154 Å². The molecule has 1 aromatic rings. The summed E-state index contributed by atoms with van der Waals surface area (Å²) in [5, 5.41) is 3.09. The molecule has 0 bridgehead atoms. The zero-order valence-corrected chi connectivity index (χ0v) is 14.9. The molecular weight excluding hydrogens is 358 g/mol. The summed E-state index contributed by atoms with van der Waals surface area (Å²) in [7, 11) is 0. The maximum atomic E-state index is 12.2. The number of benzene rings is 1. The molecule has 3 aliphatic heterocycles. The van der Waals surface area contributed by atoms with E-state index < -0.39 is 5.25 Å². The van der Waals surface area contributed by atoms with Crippen LogP contribution >= 0.6 is 11.8 Å². The summed E-state index contributed by atoms with van der Waals surface area (Å²) < 4.78 is 15.9. The molecule has 1 atom stereocenters. The Morgan fingerprint density at radius 1 is 1.27 bits per heavy atom. The van der Waals surface area contributed by atoms with Gasteiger partial charge >= 0.3 is 0 Å². The van der Waals surface area contributed by atoms with E-state index in [1.165, 1.54) is 11.8 Å². The van der Waals surface area contributed by atoms with E-state index in [1.807, 2.05) is 23.1 Å². The first kappa shape index (κ1) is 17.2. The molecule has 1 unspecified atom stereocenters. The monoisotopic (exact) mass is 377 g/mol. The molecule has 2 amide bonds. The van der Waals surface area contributed by atoms with Crippen molar-refractivity contribution in [3.8, 4) is 11.5 Å². The molecule has 9 heteroatoms. The summed E-state index contributed by atoms with van der Waals surface area (Å²) in [6.07, 6.45) is 0.116. The Morgan fingerprint density at radius 3 is 2.92 bits per heavy atom. The number of hydrogen-bond donors (Lipinski definition) is 1. The largest absolute Gasteiger partial charge is 0.454 e. The third-order valence-corrected chi connectivity index (χ3v) is 5.52. The molecule has 0 spiro atoms. The van der Waals surface area contributed by atoms with Crippen molar-refractivity contribution >= 4 is 28.7 Å². The number of morpholine rings is 1. The number of carbonyl (C=O) groups excluding carboxylic acids is 2. The van der Waals surface area contributed by atoms with Gasteiger partial charge in [-0.25, -0.2) is 0 Å². The van der Waals surface area contributed by atoms with Crippen LogP contribution in [0.2, 0.25) is 0 Å². The van der Waals surface area contributed by atoms with Gasteiger partial charge in [-0.05, 0) is 17.7 Å². The van der Waals surface area contributed by atoms with Crippen LogP contribution in [0, 0.1) is 0 Å². The number of thioether (sulfide) groups is 1. The van der Waals surface area contributed by atoms with Crippen LogP contribution in [0.25, 0.3) is 0 Å². The molecular formula is C17H19N3O5S. The van der Waals surface area contributed by atoms with Crippen molar-refractivity contribution < 1.29 is 23.8 Å². The summed E-state index contributed by atoms with van der Waals surface area (Å²) in [6, 6.07) is 5.54. The second-order valence-corrected chi connectivity index (χ2v) is 7.28. The first-order chi connectivity index (χ1) is 12.7. The van der Waals surface area contributed by atoms with Crippen molar-refractivity contribution in [3.05, 3.63) is 23.8 Å². The highest BCUT2D eigenvalue weighted by atomic mass is 32.2. The molecule has 0 aliphatic carbocycles. The van der Waals surface area contributed by atoms with E-state index in [4.69, 9.17) is 14.2 Å². The van der Waals surface area contributed by atoms with E-state index in [2.05, 4.69) is 10.3 Å². The van der Waals surface area contributed by atoms with Crippen LogP contribution in [-0.2, 0) is 20.9 Å². The summed E-state index contributed by atoms with van der Waals surface area (Å²) in [4.78, 5) is 30.4. The van der Waals surface area contributed by atoms with Gasteiger partial charge in [-0.1, -0.05) is 17.8 Å². The number of aliphatic imine (C=N–C) groups is 1. The van der Waals surface area contributed by atoms with Gasteiger partial charge < -0.3 is 24.4 Å². The van der Waals surface area contributed by atoms with Crippen LogP contribution in [0.15, 0.2) is 23.2 Å². The molecule has 0 radical (unpaired) electrons. The lowest BCUT2D eigenvalue weighted by Gasteiger charge is -2.27. The Kier molecular flexibility index (Phi) is 4.98. The summed E-state index contributed by atoms with van der Waals surface area (Å²) >= 11 is 1.37. The number of carbonyl (C=O) groups is 2. The minimum absolute atomic E-state index is 0.116. The van der Waals surface area contributed by atoms with Gasteiger partial charge in [0.05, 0.1) is 13.2 Å². The number of amides is 2. The Hall–Kier alpha value is -2.26. The van der Waals surface area contributed by atoms with Crippen LogP contribution < -0.4 is 14.8 Å². The van der Waals surface area contributed by atoms with Crippen LogP contribution in [-0.4, -0.2) is 60.2 Å². The molecule has 3 aliphatic rings. The predicted molar refractivity (Wildman–Crippen MR) is 95.2 cm³/mol. The number of fused-ring (bicyclic) bond motifs is 1. The molecule has 1 aromatic carbocycles. The maximum Gasteiger partial charge on any atom is 0.262 e. The fourth-order valence-corrected chi connectivity index (χ4v) is 4.01. The lowest BCUT2D eigenvalue weighted by molar-refractivity contribution is -0.124. The SMILES string of the molecule is O=C(CC1SC(N2CCOCC2)=NC1=O)NCc1ccc2c(c1)OCO2. The van der Waals surface area contributed by atoms with E-state index in [0.29, 0.717) is 36.4 Å². The fraction of sp³-hybridized carbons (Fsp3) is 0.471. The molecule has 1 fully saturated rings. The maximum absolute atomic E-state index is 12.2. The van der Waals surface area contributed by atoms with Crippen molar-refractivity contribution in [2.24, 2.45) is 4.99 Å². The van der Waals surface area contributed by atoms with E-state index >= 15 is 0 Å². The lowest BCUT2D eigenvalue weighted by atomic mass is 10.2. The van der Waals surface area contributed by atoms with E-state index in [1.54, 1.807) is 0 Å². The van der Waals surface area contributed by atoms with Gasteiger partial charge in [-0.15, -0.1) is 0 Å². The standard InChI is InChI=1S/C17H19N3O5S/c21-15(18-9-11-1-2-12-13(7-11)25-10-24-12)8-14-16(22)19-17(26-14)20-3-5-23-6-4-20/h1-2,7,14H,3-6,8-10H2,(H,18,21). The highest BCUT2D eigenvalue weighted by Gasteiger charge is 2.33. The van der Waals surface area contributed by atoms with Crippen molar-refractivity contribution in [2.45, 2.75) is 18.2 Å². The Bertz CT molecular complexity index is 748. The zero-order chi connectivity index (χ0) is 17.9. The highest BCUT2D eigenvalue weighted by molar-refractivity contribution is 8.15. The smallest absolute Gasteiger partial charge is 0.262 e. The third-order valence-electron chi connectivity index (χ3n) is 4.31. The average molecular weight is 377 g/mol. The first-order valence-corrected chi connectivity index (χ1v) is 9.34. The Balaban J connectivity index is 1.26. The van der Waals surface area contributed by atoms with Gasteiger partial charge in [-0.2, -0.15) is 4.99 Å². The molecule has 1 N–H and O–H groups in total. The van der Waals surface area contributed by atoms with E-state index in [0.717, 1.165) is 18.7 Å². The topological polar surface area (TPSA) is 89.5 Å². The zero-order valence-electron chi connectivity index (χ0n) is 14.1. The fourth-order valence-electron chi connectivity index (χ4n) is 2.89. The van der Waals surface area contributed by atoms with Crippen molar-refractivity contribution in [3.63, 3.8) is 0 Å². The van der Waals surface area contributed by atoms with Crippen molar-refractivity contribution in [2.75, 3.05) is 33.1 Å². The molecule has 26 heavy (non-hydrogen) atoms. The number of rotatable bonds is 4. The Morgan fingerprint density at radius 2 is 2.08 bits per heavy atom. The molecule has 1 saturated heterocycles. The van der Waals surface area contributed by atoms with Crippen molar-refractivity contribution in [1.29, 1.82) is 0 Å². The number of hydrogen-bond acceptors (Lipinski definition) is 7. The second kappa shape index (κ2) is 7.55. The number of nitrogens with one attached hydrogen (secondary N) is 1. The van der Waals surface area contributed by atoms with Gasteiger partial charge in [-0.3, -0.25) is 9.59 Å². The highest BCUT2D eigenvalue weighted by Crippen LogP contribution is 2.32. The average Bonchev–Trinajstić information content (AvgIpc) is 3.27. The molecule has 0 saturated carbocycles. The van der Waals surface area contributed by atoms with E-state index in [-0.39, 0.29) is 25.0 Å². The minimum Gasteiger partial charge on any atom is -0.454 e. The quantitative estimate of drug-likeness (QED) is 0.828. The van der Waals surface area contributed by atoms with Gasteiger partial charge in [0.1, 0.15) is 5.25 Å². The normalized spacial score (nSPS) is 21.7. The molecule has 0 aromatic heterocycles. The van der Waals surface area contributed by atoms with Crippen LogP contribution in [0.5, 0.6) is 11.5 Å². The predicted octanol–water partition coefficient (Wildman–Crippen LogP) is 0.752. The lowest BCUT2D eigenvalue weighted by Crippen LogP contribution is -2.39. The summed E-state index contributed by atoms with van der Waals surface area (Å²) in [6.45, 7) is 3.31. The van der Waals surface area contributed by atoms with Gasteiger partial charge in [0.25, 0.3) is 5.91 Å². The first-order valence-electron chi connectivity index (χ1n) is 8.46. The molecule has 4 rings (SSSR count). The van der Waals surface area contributed by atoms with E-state index in [9.17, 15) is 9.59 Å². The molecule has 138 valence electrons. The van der Waals surface area contributed by atoms with Gasteiger partial charge in [0.2, 0.25) is 12.7 Å². The van der Waals surface area contributed by atoms with Crippen LogP contribution in [0.1, 0.15) is 12.0 Å².